The van der Waals surface area contributed by atoms with Gasteiger partial charge >= 0.3 is 0 Å². The third-order valence-corrected chi connectivity index (χ3v) is 2.87. The highest BCUT2D eigenvalue weighted by atomic mass is 32.2. The topological polar surface area (TPSA) is 69.1 Å². The maximum absolute atomic E-state index is 10.9. The van der Waals surface area contributed by atoms with Gasteiger partial charge in [0.2, 0.25) is 0 Å². The number of anilines is 1. The predicted octanol–water partition coefficient (Wildman–Crippen LogP) is 2.59. The Kier molecular flexibility index (Phi) is 2.51. The van der Waals surface area contributed by atoms with Gasteiger partial charge in [0.25, 0.3) is 5.24 Å². The number of nitrogens with two attached hydrogens (primary N) is 2. The van der Waals surface area contributed by atoms with E-state index in [1.165, 1.54) is 0 Å². The lowest BCUT2D eigenvalue weighted by Gasteiger charge is -2.06. The third-order valence-electron chi connectivity index (χ3n) is 2.11. The molecule has 0 radical (unpaired) electrons. The lowest BCUT2D eigenvalue weighted by molar-refractivity contribution is 0.267. The summed E-state index contributed by atoms with van der Waals surface area (Å²) in [7, 11) is 0. The number of thioether (sulfide) groups is 1. The molecule has 0 saturated heterocycles. The number of hydrogen-bond acceptors (Lipinski definition) is 3. The van der Waals surface area contributed by atoms with E-state index in [4.69, 9.17) is 11.5 Å². The number of carbonyl (C=O) groups is 1. The quantitative estimate of drug-likeness (QED) is 0.571. The van der Waals surface area contributed by atoms with Gasteiger partial charge in [0, 0.05) is 16.0 Å². The molecule has 2 aromatic rings. The SMILES string of the molecule is NC(=O)Sc1cccc2cccc(N)c12. The molecule has 0 aliphatic carbocycles. The zero-order valence-corrected chi connectivity index (χ0v) is 8.75. The van der Waals surface area contributed by atoms with Gasteiger partial charge < -0.3 is 11.5 Å². The van der Waals surface area contributed by atoms with E-state index in [1.54, 1.807) is 0 Å². The normalized spacial score (nSPS) is 10.4. The van der Waals surface area contributed by atoms with Crippen LogP contribution in [0.2, 0.25) is 0 Å². The first-order chi connectivity index (χ1) is 7.18. The van der Waals surface area contributed by atoms with Crippen LogP contribution >= 0.6 is 11.8 Å². The summed E-state index contributed by atoms with van der Waals surface area (Å²) < 4.78 is 0. The minimum absolute atomic E-state index is 0.425. The average molecular weight is 218 g/mol. The summed E-state index contributed by atoms with van der Waals surface area (Å²) in [5, 5.41) is 1.48. The van der Waals surface area contributed by atoms with Gasteiger partial charge in [-0.05, 0) is 29.3 Å². The Hall–Kier alpha value is -1.68. The van der Waals surface area contributed by atoms with Crippen molar-refractivity contribution >= 4 is 33.5 Å². The van der Waals surface area contributed by atoms with Crippen molar-refractivity contribution in [3.05, 3.63) is 36.4 Å². The minimum Gasteiger partial charge on any atom is -0.398 e. The Morgan fingerprint density at radius 2 is 1.80 bits per heavy atom. The van der Waals surface area contributed by atoms with Crippen LogP contribution in [-0.4, -0.2) is 5.24 Å². The number of hydrogen-bond donors (Lipinski definition) is 2. The van der Waals surface area contributed by atoms with E-state index < -0.39 is 5.24 Å². The first-order valence-corrected chi connectivity index (χ1v) is 5.24. The lowest BCUT2D eigenvalue weighted by Crippen LogP contribution is -2.02. The molecule has 0 fully saturated rings. The first kappa shape index (κ1) is 9.86. The molecule has 3 nitrogen and oxygen atoms in total. The number of carbonyl (C=O) groups excluding carboxylic acids is 1. The molecule has 4 heteroatoms. The summed E-state index contributed by atoms with van der Waals surface area (Å²) in [5.74, 6) is 0. The molecule has 0 saturated carbocycles. The van der Waals surface area contributed by atoms with Crippen LogP contribution in [0.5, 0.6) is 0 Å². The highest BCUT2D eigenvalue weighted by Gasteiger charge is 2.06. The Morgan fingerprint density at radius 1 is 1.13 bits per heavy atom. The molecule has 0 aliphatic rings. The van der Waals surface area contributed by atoms with E-state index in [1.807, 2.05) is 36.4 Å². The van der Waals surface area contributed by atoms with Gasteiger partial charge in [-0.1, -0.05) is 24.3 Å². The van der Waals surface area contributed by atoms with Gasteiger partial charge in [-0.2, -0.15) is 0 Å². The second-order valence-electron chi connectivity index (χ2n) is 3.12. The van der Waals surface area contributed by atoms with E-state index in [0.29, 0.717) is 5.69 Å². The second kappa shape index (κ2) is 3.82. The van der Waals surface area contributed by atoms with Crippen molar-refractivity contribution in [3.8, 4) is 0 Å². The Bertz CT molecular complexity index is 520. The molecule has 15 heavy (non-hydrogen) atoms. The van der Waals surface area contributed by atoms with Crippen molar-refractivity contribution in [3.63, 3.8) is 0 Å². The molecule has 1 amide bonds. The van der Waals surface area contributed by atoms with Gasteiger partial charge in [-0.15, -0.1) is 0 Å². The smallest absolute Gasteiger partial charge is 0.281 e. The van der Waals surface area contributed by atoms with E-state index in [0.717, 1.165) is 27.4 Å². The van der Waals surface area contributed by atoms with Crippen molar-refractivity contribution in [1.82, 2.24) is 0 Å². The second-order valence-corrected chi connectivity index (χ2v) is 4.17. The molecule has 0 aromatic heterocycles. The molecule has 76 valence electrons. The molecule has 0 bridgehead atoms. The van der Waals surface area contributed by atoms with Gasteiger partial charge in [0.1, 0.15) is 0 Å². The van der Waals surface area contributed by atoms with Crippen molar-refractivity contribution in [1.29, 1.82) is 0 Å². The molecule has 0 spiro atoms. The van der Waals surface area contributed by atoms with Gasteiger partial charge in [-0.25, -0.2) is 0 Å². The molecule has 2 aromatic carbocycles. The van der Waals surface area contributed by atoms with Crippen LogP contribution in [0.3, 0.4) is 0 Å². The minimum atomic E-state index is -0.425. The molecular formula is C11H10N2OS. The predicted molar refractivity (Wildman–Crippen MR) is 63.8 cm³/mol. The number of primary amides is 1. The van der Waals surface area contributed by atoms with Crippen molar-refractivity contribution in [2.45, 2.75) is 4.90 Å². The number of benzene rings is 2. The van der Waals surface area contributed by atoms with E-state index in [-0.39, 0.29) is 0 Å². The zero-order chi connectivity index (χ0) is 10.8. The van der Waals surface area contributed by atoms with Crippen LogP contribution in [0.4, 0.5) is 10.5 Å². The van der Waals surface area contributed by atoms with E-state index >= 15 is 0 Å². The fraction of sp³-hybridized carbons (Fsp3) is 0. The first-order valence-electron chi connectivity index (χ1n) is 4.43. The highest BCUT2D eigenvalue weighted by molar-refractivity contribution is 8.13. The zero-order valence-electron chi connectivity index (χ0n) is 7.94. The van der Waals surface area contributed by atoms with Crippen LogP contribution in [0.1, 0.15) is 0 Å². The fourth-order valence-corrected chi connectivity index (χ4v) is 2.23. The largest absolute Gasteiger partial charge is 0.398 e. The third kappa shape index (κ3) is 1.89. The Labute approximate surface area is 91.4 Å². The van der Waals surface area contributed by atoms with Gasteiger partial charge in [0.05, 0.1) is 0 Å². The van der Waals surface area contributed by atoms with Crippen molar-refractivity contribution < 1.29 is 4.79 Å². The monoisotopic (exact) mass is 218 g/mol. The number of rotatable bonds is 1. The maximum Gasteiger partial charge on any atom is 0.281 e. The van der Waals surface area contributed by atoms with Gasteiger partial charge in [0.15, 0.2) is 0 Å². The standard InChI is InChI=1S/C11H10N2OS/c12-8-5-1-3-7-4-2-6-9(10(7)8)15-11(13)14/h1-6H,12H2,(H2,13,14). The molecule has 2 rings (SSSR count). The number of nitrogen functional groups attached to an aromatic ring is 1. The maximum atomic E-state index is 10.9. The van der Waals surface area contributed by atoms with Crippen LogP contribution in [0.15, 0.2) is 41.3 Å². The van der Waals surface area contributed by atoms with Crippen LogP contribution in [0.25, 0.3) is 10.8 Å². The summed E-state index contributed by atoms with van der Waals surface area (Å²) in [6.07, 6.45) is 0. The van der Waals surface area contributed by atoms with Crippen LogP contribution in [0, 0.1) is 0 Å². The van der Waals surface area contributed by atoms with Gasteiger partial charge in [-0.3, -0.25) is 4.79 Å². The number of fused-ring (bicyclic) bond motifs is 1. The molecule has 0 atom stereocenters. The van der Waals surface area contributed by atoms with E-state index in [9.17, 15) is 4.79 Å². The Balaban J connectivity index is 2.68. The summed E-state index contributed by atoms with van der Waals surface area (Å²) >= 11 is 1.00. The van der Waals surface area contributed by atoms with Crippen LogP contribution < -0.4 is 11.5 Å². The summed E-state index contributed by atoms with van der Waals surface area (Å²) in [6.45, 7) is 0. The number of amides is 1. The highest BCUT2D eigenvalue weighted by Crippen LogP contribution is 2.31. The molecule has 0 heterocycles. The summed E-state index contributed by atoms with van der Waals surface area (Å²) in [5.41, 5.74) is 11.7. The summed E-state index contributed by atoms with van der Waals surface area (Å²) in [4.78, 5) is 11.7. The summed E-state index contributed by atoms with van der Waals surface area (Å²) in [6, 6.07) is 11.3. The molecule has 0 unspecified atom stereocenters. The molecular weight excluding hydrogens is 208 g/mol. The molecule has 4 N–H and O–H groups in total. The van der Waals surface area contributed by atoms with Crippen LogP contribution in [-0.2, 0) is 0 Å². The fourth-order valence-electron chi connectivity index (χ4n) is 1.53. The van der Waals surface area contributed by atoms with E-state index in [2.05, 4.69) is 0 Å². The average Bonchev–Trinajstić information content (AvgIpc) is 2.17. The van der Waals surface area contributed by atoms with Crippen molar-refractivity contribution in [2.75, 3.05) is 5.73 Å². The Morgan fingerprint density at radius 3 is 2.47 bits per heavy atom. The van der Waals surface area contributed by atoms with Crippen molar-refractivity contribution in [2.24, 2.45) is 5.73 Å². The molecule has 0 aliphatic heterocycles. The lowest BCUT2D eigenvalue weighted by atomic mass is 10.1.